The van der Waals surface area contributed by atoms with Crippen LogP contribution in [-0.4, -0.2) is 37.2 Å². The molecule has 0 aliphatic carbocycles. The Hall–Kier alpha value is -0.940. The lowest BCUT2D eigenvalue weighted by Gasteiger charge is -2.37. The first kappa shape index (κ1) is 16.4. The molecule has 1 heterocycles. The van der Waals surface area contributed by atoms with Crippen molar-refractivity contribution < 1.29 is 4.74 Å². The van der Waals surface area contributed by atoms with Crippen molar-refractivity contribution in [3.63, 3.8) is 0 Å². The van der Waals surface area contributed by atoms with Crippen LogP contribution in [0.3, 0.4) is 0 Å². The van der Waals surface area contributed by atoms with Crippen molar-refractivity contribution in [3.05, 3.63) is 34.4 Å². The van der Waals surface area contributed by atoms with Crippen molar-refractivity contribution in [1.29, 1.82) is 0 Å². The van der Waals surface area contributed by atoms with Crippen LogP contribution in [0, 0.1) is 20.8 Å². The summed E-state index contributed by atoms with van der Waals surface area (Å²) in [5.41, 5.74) is 8.14. The highest BCUT2D eigenvalue weighted by atomic mass is 16.5. The van der Waals surface area contributed by atoms with Crippen LogP contribution in [0.1, 0.15) is 41.6 Å². The van der Waals surface area contributed by atoms with E-state index in [4.69, 9.17) is 10.6 Å². The minimum atomic E-state index is 0.0453. The van der Waals surface area contributed by atoms with Gasteiger partial charge < -0.3 is 4.74 Å². The standard InChI is InChI=1S/C17H29N3O/c1-5-6-20-7-8-21-16(11-20)17(19-18)15-10-13(3)12(2)9-14(15)4/h9-10,16-17,19H,5-8,11,18H2,1-4H3. The lowest BCUT2D eigenvalue weighted by atomic mass is 9.92. The number of nitrogens with zero attached hydrogens (tertiary/aromatic N) is 1. The first-order chi connectivity index (χ1) is 10.1. The lowest BCUT2D eigenvalue weighted by molar-refractivity contribution is -0.0472. The molecule has 3 N–H and O–H groups in total. The highest BCUT2D eigenvalue weighted by molar-refractivity contribution is 5.38. The van der Waals surface area contributed by atoms with Gasteiger partial charge in [-0.3, -0.25) is 16.2 Å². The summed E-state index contributed by atoms with van der Waals surface area (Å²) in [6, 6.07) is 4.53. The molecule has 4 heteroatoms. The number of rotatable bonds is 5. The van der Waals surface area contributed by atoms with Crippen LogP contribution in [0.4, 0.5) is 0 Å². The maximum Gasteiger partial charge on any atom is 0.0909 e. The Balaban J connectivity index is 2.21. The first-order valence-electron chi connectivity index (χ1n) is 7.94. The zero-order chi connectivity index (χ0) is 15.4. The van der Waals surface area contributed by atoms with Crippen molar-refractivity contribution in [2.24, 2.45) is 5.84 Å². The molecular weight excluding hydrogens is 262 g/mol. The van der Waals surface area contributed by atoms with Gasteiger partial charge in [0.25, 0.3) is 0 Å². The Kier molecular flexibility index (Phi) is 5.76. The second-order valence-corrected chi connectivity index (χ2v) is 6.15. The molecule has 0 spiro atoms. The minimum absolute atomic E-state index is 0.0453. The Bertz CT molecular complexity index is 473. The van der Waals surface area contributed by atoms with E-state index >= 15 is 0 Å². The molecule has 0 bridgehead atoms. The summed E-state index contributed by atoms with van der Waals surface area (Å²) in [6.07, 6.45) is 1.28. The second kappa shape index (κ2) is 7.36. The fourth-order valence-electron chi connectivity index (χ4n) is 3.17. The molecule has 0 radical (unpaired) electrons. The van der Waals surface area contributed by atoms with Gasteiger partial charge in [-0.2, -0.15) is 0 Å². The van der Waals surface area contributed by atoms with E-state index in [-0.39, 0.29) is 12.1 Å². The molecule has 118 valence electrons. The van der Waals surface area contributed by atoms with Crippen LogP contribution >= 0.6 is 0 Å². The van der Waals surface area contributed by atoms with Gasteiger partial charge >= 0.3 is 0 Å². The molecule has 2 unspecified atom stereocenters. The van der Waals surface area contributed by atoms with Gasteiger partial charge in [-0.1, -0.05) is 19.1 Å². The molecule has 0 amide bonds. The van der Waals surface area contributed by atoms with Crippen molar-refractivity contribution in [3.8, 4) is 0 Å². The quantitative estimate of drug-likeness (QED) is 0.645. The third-order valence-corrected chi connectivity index (χ3v) is 4.49. The molecule has 0 aromatic heterocycles. The normalized spacial score (nSPS) is 21.5. The SMILES string of the molecule is CCCN1CCOC(C(NN)c2cc(C)c(C)cc2C)C1. The molecule has 1 aromatic carbocycles. The Labute approximate surface area is 128 Å². The lowest BCUT2D eigenvalue weighted by Crippen LogP contribution is -2.49. The van der Waals surface area contributed by atoms with Crippen LogP contribution in [0.2, 0.25) is 0 Å². The van der Waals surface area contributed by atoms with E-state index in [1.165, 1.54) is 28.7 Å². The number of nitrogens with one attached hydrogen (secondary N) is 1. The predicted octanol–water partition coefficient (Wildman–Crippen LogP) is 2.23. The van der Waals surface area contributed by atoms with Crippen molar-refractivity contribution in [2.75, 3.05) is 26.2 Å². The van der Waals surface area contributed by atoms with Crippen molar-refractivity contribution in [1.82, 2.24) is 10.3 Å². The average Bonchev–Trinajstić information content (AvgIpc) is 2.46. The number of aryl methyl sites for hydroxylation is 3. The summed E-state index contributed by atoms with van der Waals surface area (Å²) in [6.45, 7) is 12.5. The second-order valence-electron chi connectivity index (χ2n) is 6.15. The van der Waals surface area contributed by atoms with Crippen molar-refractivity contribution >= 4 is 0 Å². The van der Waals surface area contributed by atoms with Crippen LogP contribution in [-0.2, 0) is 4.74 Å². The maximum atomic E-state index is 6.00. The number of hydrogen-bond donors (Lipinski definition) is 2. The molecule has 21 heavy (non-hydrogen) atoms. The molecule has 2 atom stereocenters. The predicted molar refractivity (Wildman–Crippen MR) is 87.2 cm³/mol. The topological polar surface area (TPSA) is 50.5 Å². The third kappa shape index (κ3) is 3.83. The van der Waals surface area contributed by atoms with Gasteiger partial charge in [-0.15, -0.1) is 0 Å². The first-order valence-corrected chi connectivity index (χ1v) is 7.94. The van der Waals surface area contributed by atoms with Crippen LogP contribution in [0.5, 0.6) is 0 Å². The molecule has 1 saturated heterocycles. The summed E-state index contributed by atoms with van der Waals surface area (Å²) < 4.78 is 6.00. The van der Waals surface area contributed by atoms with E-state index in [1.807, 2.05) is 0 Å². The molecule has 2 rings (SSSR count). The number of hydrazine groups is 1. The number of benzene rings is 1. The third-order valence-electron chi connectivity index (χ3n) is 4.49. The van der Waals surface area contributed by atoms with Crippen LogP contribution < -0.4 is 11.3 Å². The Morgan fingerprint density at radius 1 is 1.29 bits per heavy atom. The summed E-state index contributed by atoms with van der Waals surface area (Å²) >= 11 is 0. The molecule has 1 aliphatic heterocycles. The van der Waals surface area contributed by atoms with E-state index < -0.39 is 0 Å². The largest absolute Gasteiger partial charge is 0.374 e. The molecule has 1 aliphatic rings. The van der Waals surface area contributed by atoms with Gasteiger partial charge in [-0.05, 0) is 56.0 Å². The van der Waals surface area contributed by atoms with E-state index in [0.29, 0.717) is 0 Å². The van der Waals surface area contributed by atoms with Crippen LogP contribution in [0.15, 0.2) is 12.1 Å². The van der Waals surface area contributed by atoms with E-state index in [9.17, 15) is 0 Å². The number of morpholine rings is 1. The molecule has 0 saturated carbocycles. The van der Waals surface area contributed by atoms with E-state index in [2.05, 4.69) is 50.2 Å². The highest BCUT2D eigenvalue weighted by Gasteiger charge is 2.29. The highest BCUT2D eigenvalue weighted by Crippen LogP contribution is 2.27. The van der Waals surface area contributed by atoms with Gasteiger partial charge in [0.1, 0.15) is 0 Å². The molecular formula is C17H29N3O. The van der Waals surface area contributed by atoms with Crippen molar-refractivity contribution in [2.45, 2.75) is 46.3 Å². The minimum Gasteiger partial charge on any atom is -0.374 e. The number of hydrogen-bond acceptors (Lipinski definition) is 4. The van der Waals surface area contributed by atoms with Gasteiger partial charge in [0.15, 0.2) is 0 Å². The average molecular weight is 291 g/mol. The van der Waals surface area contributed by atoms with Gasteiger partial charge in [0.2, 0.25) is 0 Å². The smallest absolute Gasteiger partial charge is 0.0909 e. The van der Waals surface area contributed by atoms with Gasteiger partial charge in [0, 0.05) is 13.1 Å². The molecule has 1 aromatic rings. The Morgan fingerprint density at radius 3 is 2.67 bits per heavy atom. The van der Waals surface area contributed by atoms with Gasteiger partial charge in [0.05, 0.1) is 18.8 Å². The summed E-state index contributed by atoms with van der Waals surface area (Å²) in [7, 11) is 0. The molecule has 1 fully saturated rings. The zero-order valence-corrected chi connectivity index (χ0v) is 13.8. The monoisotopic (exact) mass is 291 g/mol. The number of ether oxygens (including phenoxy) is 1. The Morgan fingerprint density at radius 2 is 2.00 bits per heavy atom. The van der Waals surface area contributed by atoms with E-state index in [0.717, 1.165) is 26.2 Å². The maximum absolute atomic E-state index is 6.00. The summed E-state index contributed by atoms with van der Waals surface area (Å²) in [5, 5.41) is 0. The summed E-state index contributed by atoms with van der Waals surface area (Å²) in [4.78, 5) is 2.47. The fraction of sp³-hybridized carbons (Fsp3) is 0.647. The van der Waals surface area contributed by atoms with Gasteiger partial charge in [-0.25, -0.2) is 0 Å². The number of nitrogens with two attached hydrogens (primary N) is 1. The summed E-state index contributed by atoms with van der Waals surface area (Å²) in [5.74, 6) is 5.86. The zero-order valence-electron chi connectivity index (χ0n) is 13.8. The van der Waals surface area contributed by atoms with Crippen LogP contribution in [0.25, 0.3) is 0 Å². The fourth-order valence-corrected chi connectivity index (χ4v) is 3.17. The van der Waals surface area contributed by atoms with E-state index in [1.54, 1.807) is 0 Å². The molecule has 4 nitrogen and oxygen atoms in total.